The number of ether oxygens (including phenoxy) is 1. The summed E-state index contributed by atoms with van der Waals surface area (Å²) in [5, 5.41) is 37.2. The zero-order valence-corrected chi connectivity index (χ0v) is 22.1. The van der Waals surface area contributed by atoms with Crippen molar-refractivity contribution < 1.29 is 29.6 Å². The quantitative estimate of drug-likeness (QED) is 0.246. The number of nitrogens with zero attached hydrogens (tertiary/aromatic N) is 2. The molecule has 0 bridgehead atoms. The Morgan fingerprint density at radius 2 is 1.82 bits per heavy atom. The molecule has 2 saturated heterocycles. The summed E-state index contributed by atoms with van der Waals surface area (Å²) in [6, 6.07) is -1.27. The van der Waals surface area contributed by atoms with Crippen molar-refractivity contribution in [3.63, 3.8) is 0 Å². The van der Waals surface area contributed by atoms with Gasteiger partial charge in [0.05, 0.1) is 12.6 Å². The van der Waals surface area contributed by atoms with Crippen LogP contribution in [0.5, 0.6) is 0 Å². The third kappa shape index (κ3) is 7.78. The molecule has 0 aromatic heterocycles. The van der Waals surface area contributed by atoms with Gasteiger partial charge in [0.25, 0.3) is 0 Å². The van der Waals surface area contributed by atoms with Crippen molar-refractivity contribution in [1.29, 1.82) is 0 Å². The Morgan fingerprint density at radius 1 is 1.15 bits per heavy atom. The van der Waals surface area contributed by atoms with Gasteiger partial charge in [0, 0.05) is 25.0 Å². The molecule has 10 nitrogen and oxygen atoms in total. The van der Waals surface area contributed by atoms with Gasteiger partial charge in [-0.2, -0.15) is 0 Å². The van der Waals surface area contributed by atoms with Gasteiger partial charge in [-0.1, -0.05) is 13.3 Å². The molecule has 198 valence electrons. The Labute approximate surface area is 207 Å². The summed E-state index contributed by atoms with van der Waals surface area (Å²) in [4.78, 5) is 29.5. The van der Waals surface area contributed by atoms with Gasteiger partial charge in [0.2, 0.25) is 11.8 Å². The third-order valence-electron chi connectivity index (χ3n) is 6.80. The fourth-order valence-corrected chi connectivity index (χ4v) is 5.72. The van der Waals surface area contributed by atoms with E-state index < -0.39 is 41.9 Å². The Morgan fingerprint density at radius 3 is 2.41 bits per heavy atom. The smallest absolute Gasteiger partial charge is 0.234 e. The first kappa shape index (κ1) is 29.3. The molecule has 0 aromatic carbocycles. The molecule has 0 aromatic rings. The van der Waals surface area contributed by atoms with Crippen LogP contribution in [0.2, 0.25) is 0 Å². The number of carbonyl (C=O) groups is 2. The van der Waals surface area contributed by atoms with Crippen LogP contribution in [0.15, 0.2) is 0 Å². The summed E-state index contributed by atoms with van der Waals surface area (Å²) in [5.41, 5.74) is -0.775. The first-order valence-electron chi connectivity index (χ1n) is 12.1. The van der Waals surface area contributed by atoms with Gasteiger partial charge in [-0.3, -0.25) is 9.59 Å². The SMILES string of the molecule is CCC[C@@H]1C[C@@H](CC(=O)N[C@H]([C@H](C)NC(=O)CN(C)C)[C@H]2OC(SC)[C@H](O)C(O)C2O)N(C)C1. The van der Waals surface area contributed by atoms with Crippen LogP contribution in [0.25, 0.3) is 0 Å². The lowest BCUT2D eigenvalue weighted by molar-refractivity contribution is -0.206. The topological polar surface area (TPSA) is 135 Å². The van der Waals surface area contributed by atoms with Gasteiger partial charge in [-0.05, 0) is 53.1 Å². The first-order valence-corrected chi connectivity index (χ1v) is 13.4. The highest BCUT2D eigenvalue weighted by molar-refractivity contribution is 7.99. The number of hydrogen-bond donors (Lipinski definition) is 5. The van der Waals surface area contributed by atoms with Crippen molar-refractivity contribution >= 4 is 23.6 Å². The molecular weight excluding hydrogens is 460 g/mol. The van der Waals surface area contributed by atoms with Crippen LogP contribution < -0.4 is 10.6 Å². The summed E-state index contributed by atoms with van der Waals surface area (Å²) in [6.45, 7) is 5.04. The van der Waals surface area contributed by atoms with E-state index in [0.717, 1.165) is 25.8 Å². The van der Waals surface area contributed by atoms with Crippen molar-refractivity contribution in [3.8, 4) is 0 Å². The highest BCUT2D eigenvalue weighted by Crippen LogP contribution is 2.30. The molecule has 0 aliphatic carbocycles. The van der Waals surface area contributed by atoms with Crippen LogP contribution >= 0.6 is 11.8 Å². The predicted octanol–water partition coefficient (Wildman–Crippen LogP) is -0.781. The van der Waals surface area contributed by atoms with Crippen LogP contribution in [0.4, 0.5) is 0 Å². The summed E-state index contributed by atoms with van der Waals surface area (Å²) in [7, 11) is 5.59. The lowest BCUT2D eigenvalue weighted by Crippen LogP contribution is -2.67. The number of amides is 2. The van der Waals surface area contributed by atoms with Crippen molar-refractivity contribution in [2.75, 3.05) is 40.5 Å². The Hall–Kier alpha value is -0.950. The molecule has 34 heavy (non-hydrogen) atoms. The standard InChI is InChI=1S/C23H44N4O6S/c1-7-8-14-9-15(27(5)11-14)10-16(28)25-18(13(2)24-17(29)12-26(3)4)22-20(31)19(30)21(32)23(33-22)34-6/h13-15,18-23,30-32H,7-12H2,1-6H3,(H,24,29)(H,25,28)/t13-,14+,15-,18+,19?,20?,21+,22+,23?/m0/s1. The minimum atomic E-state index is -1.43. The molecule has 3 unspecified atom stereocenters. The molecule has 2 aliphatic heterocycles. The monoisotopic (exact) mass is 504 g/mol. The lowest BCUT2D eigenvalue weighted by atomic mass is 9.91. The predicted molar refractivity (Wildman–Crippen MR) is 132 cm³/mol. The minimum absolute atomic E-state index is 0.124. The van der Waals surface area contributed by atoms with Gasteiger partial charge >= 0.3 is 0 Å². The summed E-state index contributed by atoms with van der Waals surface area (Å²) >= 11 is 1.21. The summed E-state index contributed by atoms with van der Waals surface area (Å²) < 4.78 is 5.93. The maximum Gasteiger partial charge on any atom is 0.234 e. The highest BCUT2D eigenvalue weighted by Gasteiger charge is 2.48. The van der Waals surface area contributed by atoms with Gasteiger partial charge in [0.15, 0.2) is 0 Å². The molecule has 2 heterocycles. The van der Waals surface area contributed by atoms with Gasteiger partial charge < -0.3 is 40.5 Å². The molecule has 0 saturated carbocycles. The number of rotatable bonds is 11. The second-order valence-corrected chi connectivity index (χ2v) is 11.0. The van der Waals surface area contributed by atoms with E-state index >= 15 is 0 Å². The molecule has 2 amide bonds. The van der Waals surface area contributed by atoms with E-state index in [4.69, 9.17) is 4.74 Å². The van der Waals surface area contributed by atoms with Crippen molar-refractivity contribution in [1.82, 2.24) is 20.4 Å². The number of likely N-dealkylation sites (tertiary alicyclic amines) is 1. The van der Waals surface area contributed by atoms with Crippen LogP contribution in [-0.4, -0.2) is 125 Å². The number of aliphatic hydroxyl groups excluding tert-OH is 3. The van der Waals surface area contributed by atoms with Crippen LogP contribution in [0, 0.1) is 5.92 Å². The summed E-state index contributed by atoms with van der Waals surface area (Å²) in [6.07, 6.45) is 0.0986. The number of nitrogens with one attached hydrogen (secondary N) is 2. The van der Waals surface area contributed by atoms with E-state index in [1.165, 1.54) is 11.8 Å². The average molecular weight is 505 g/mol. The van der Waals surface area contributed by atoms with E-state index in [0.29, 0.717) is 12.3 Å². The third-order valence-corrected chi connectivity index (χ3v) is 7.66. The molecule has 0 radical (unpaired) electrons. The van der Waals surface area contributed by atoms with E-state index in [-0.39, 0.29) is 24.4 Å². The molecule has 2 aliphatic rings. The molecule has 9 atom stereocenters. The molecule has 2 fully saturated rings. The van der Waals surface area contributed by atoms with Crippen molar-refractivity contribution in [3.05, 3.63) is 0 Å². The number of hydrogen-bond acceptors (Lipinski definition) is 9. The van der Waals surface area contributed by atoms with Gasteiger partial charge in [-0.15, -0.1) is 11.8 Å². The van der Waals surface area contributed by atoms with Crippen LogP contribution in [-0.2, 0) is 14.3 Å². The largest absolute Gasteiger partial charge is 0.388 e. The fraction of sp³-hybridized carbons (Fsp3) is 0.913. The molecule has 5 N–H and O–H groups in total. The summed E-state index contributed by atoms with van der Waals surface area (Å²) in [5.74, 6) is 0.141. The van der Waals surface area contributed by atoms with Gasteiger partial charge in [0.1, 0.15) is 29.9 Å². The Balaban J connectivity index is 2.16. The highest BCUT2D eigenvalue weighted by atomic mass is 32.2. The zero-order valence-electron chi connectivity index (χ0n) is 21.3. The number of likely N-dealkylation sites (N-methyl/N-ethyl adjacent to an activating group) is 1. The molecule has 2 rings (SSSR count). The van der Waals surface area contributed by atoms with Crippen molar-refractivity contribution in [2.24, 2.45) is 5.92 Å². The Bertz CT molecular complexity index is 669. The zero-order chi connectivity index (χ0) is 25.6. The average Bonchev–Trinajstić information content (AvgIpc) is 3.09. The number of carbonyl (C=O) groups excluding carboxylic acids is 2. The fourth-order valence-electron chi connectivity index (χ4n) is 5.04. The lowest BCUT2D eigenvalue weighted by Gasteiger charge is -2.44. The first-order chi connectivity index (χ1) is 16.0. The van der Waals surface area contributed by atoms with Crippen LogP contribution in [0.3, 0.4) is 0 Å². The molecule has 0 spiro atoms. The van der Waals surface area contributed by atoms with Gasteiger partial charge in [-0.25, -0.2) is 0 Å². The minimum Gasteiger partial charge on any atom is -0.388 e. The van der Waals surface area contributed by atoms with E-state index in [1.807, 2.05) is 7.05 Å². The molecule has 11 heteroatoms. The number of thioether (sulfide) groups is 1. The maximum absolute atomic E-state index is 13.1. The number of aliphatic hydroxyl groups is 3. The van der Waals surface area contributed by atoms with Crippen LogP contribution in [0.1, 0.15) is 39.5 Å². The second-order valence-electron chi connectivity index (χ2n) is 10.1. The van der Waals surface area contributed by atoms with E-state index in [1.54, 1.807) is 32.2 Å². The maximum atomic E-state index is 13.1. The Kier molecular flexibility index (Phi) is 11.5. The van der Waals surface area contributed by atoms with Crippen molar-refractivity contribution in [2.45, 2.75) is 87.5 Å². The normalized spacial score (nSPS) is 34.1. The second kappa shape index (κ2) is 13.4. The van der Waals surface area contributed by atoms with E-state index in [9.17, 15) is 24.9 Å². The molecular formula is C23H44N4O6S. The van der Waals surface area contributed by atoms with E-state index in [2.05, 4.69) is 22.5 Å².